The van der Waals surface area contributed by atoms with Crippen molar-refractivity contribution < 1.29 is 17.9 Å². The summed E-state index contributed by atoms with van der Waals surface area (Å²) in [5.41, 5.74) is -0.254. The Balaban J connectivity index is 0.00000176. The SMILES string of the molecule is CC.CC(C)CC(C)COc1cnc(-c2cc(Cl)ncc2F)cc1C(F)F. The van der Waals surface area contributed by atoms with Crippen molar-refractivity contribution in [3.05, 3.63) is 41.1 Å². The van der Waals surface area contributed by atoms with Crippen molar-refractivity contribution in [2.75, 3.05) is 6.61 Å². The van der Waals surface area contributed by atoms with Crippen molar-refractivity contribution in [2.45, 2.75) is 47.5 Å². The first kappa shape index (κ1) is 23.2. The summed E-state index contributed by atoms with van der Waals surface area (Å²) in [6.45, 7) is 10.5. The molecule has 150 valence electrons. The quantitative estimate of drug-likeness (QED) is 0.469. The fraction of sp³-hybridized carbons (Fsp3) is 0.500. The molecule has 1 unspecified atom stereocenters. The minimum Gasteiger partial charge on any atom is -0.491 e. The third-order valence-electron chi connectivity index (χ3n) is 3.63. The minimum absolute atomic E-state index is 0.00918. The number of rotatable bonds is 7. The van der Waals surface area contributed by atoms with E-state index in [-0.39, 0.29) is 33.6 Å². The van der Waals surface area contributed by atoms with Gasteiger partial charge in [0.15, 0.2) is 5.82 Å². The molecule has 0 aromatic carbocycles. The van der Waals surface area contributed by atoms with E-state index in [2.05, 4.69) is 23.8 Å². The number of halogens is 4. The summed E-state index contributed by atoms with van der Waals surface area (Å²) in [6.07, 6.45) is 0.292. The molecule has 7 heteroatoms. The van der Waals surface area contributed by atoms with Crippen LogP contribution in [0.3, 0.4) is 0 Å². The van der Waals surface area contributed by atoms with Crippen molar-refractivity contribution in [2.24, 2.45) is 11.8 Å². The second-order valence-electron chi connectivity index (χ2n) is 6.44. The van der Waals surface area contributed by atoms with Crippen LogP contribution in [0.5, 0.6) is 5.75 Å². The van der Waals surface area contributed by atoms with Gasteiger partial charge in [0.05, 0.1) is 30.3 Å². The number of alkyl halides is 2. The topological polar surface area (TPSA) is 35.0 Å². The molecule has 1 atom stereocenters. The highest BCUT2D eigenvalue weighted by Crippen LogP contribution is 2.33. The first-order chi connectivity index (χ1) is 12.8. The van der Waals surface area contributed by atoms with Gasteiger partial charge < -0.3 is 4.74 Å². The van der Waals surface area contributed by atoms with Gasteiger partial charge in [-0.1, -0.05) is 46.2 Å². The van der Waals surface area contributed by atoms with E-state index >= 15 is 0 Å². The molecule has 0 spiro atoms. The fourth-order valence-electron chi connectivity index (χ4n) is 2.61. The molecule has 27 heavy (non-hydrogen) atoms. The smallest absolute Gasteiger partial charge is 0.267 e. The standard InChI is InChI=1S/C18H20ClF3N2O.C2H6/c1-10(2)4-11(3)9-25-16-8-23-15(5-13(16)18(21)22)12-6-17(19)24-7-14(12)20;1-2/h5-8,10-11,18H,4,9H2,1-3H3;1-2H3. The average molecular weight is 403 g/mol. The van der Waals surface area contributed by atoms with Gasteiger partial charge in [-0.3, -0.25) is 4.98 Å². The maximum Gasteiger partial charge on any atom is 0.267 e. The molecule has 0 aliphatic carbocycles. The summed E-state index contributed by atoms with van der Waals surface area (Å²) >= 11 is 5.75. The minimum atomic E-state index is -2.77. The number of ether oxygens (including phenoxy) is 1. The first-order valence-corrected chi connectivity index (χ1v) is 9.38. The second kappa shape index (κ2) is 11.1. The lowest BCUT2D eigenvalue weighted by molar-refractivity contribution is 0.142. The molecule has 2 rings (SSSR count). The third-order valence-corrected chi connectivity index (χ3v) is 3.83. The summed E-state index contributed by atoms with van der Waals surface area (Å²) in [5, 5.41) is 0.0552. The van der Waals surface area contributed by atoms with E-state index in [1.807, 2.05) is 20.8 Å². The van der Waals surface area contributed by atoms with Crippen molar-refractivity contribution in [1.82, 2.24) is 9.97 Å². The molecule has 0 aliphatic heterocycles. The predicted molar refractivity (Wildman–Crippen MR) is 103 cm³/mol. The lowest BCUT2D eigenvalue weighted by Gasteiger charge is -2.17. The molecular weight excluding hydrogens is 377 g/mol. The Morgan fingerprint density at radius 2 is 1.74 bits per heavy atom. The molecular formula is C20H26ClF3N2O. The molecule has 0 saturated carbocycles. The van der Waals surface area contributed by atoms with E-state index in [9.17, 15) is 13.2 Å². The van der Waals surface area contributed by atoms with Crippen LogP contribution < -0.4 is 4.74 Å². The lowest BCUT2D eigenvalue weighted by atomic mass is 10.00. The molecule has 2 heterocycles. The Hall–Kier alpha value is -1.82. The van der Waals surface area contributed by atoms with E-state index in [4.69, 9.17) is 16.3 Å². The summed E-state index contributed by atoms with van der Waals surface area (Å²) < 4.78 is 46.2. The van der Waals surface area contributed by atoms with Crippen LogP contribution in [-0.2, 0) is 0 Å². The Bertz CT molecular complexity index is 726. The number of hydrogen-bond donors (Lipinski definition) is 0. The van der Waals surface area contributed by atoms with E-state index in [0.29, 0.717) is 12.5 Å². The molecule has 0 aliphatic rings. The highest BCUT2D eigenvalue weighted by molar-refractivity contribution is 6.29. The normalized spacial score (nSPS) is 12.0. The van der Waals surface area contributed by atoms with Crippen LogP contribution in [0, 0.1) is 17.7 Å². The molecule has 3 nitrogen and oxygen atoms in total. The number of aromatic nitrogens is 2. The van der Waals surface area contributed by atoms with Crippen LogP contribution in [-0.4, -0.2) is 16.6 Å². The Kier molecular flexibility index (Phi) is 9.56. The van der Waals surface area contributed by atoms with Gasteiger partial charge in [-0.15, -0.1) is 0 Å². The van der Waals surface area contributed by atoms with Crippen LogP contribution in [0.15, 0.2) is 24.5 Å². The number of hydrogen-bond acceptors (Lipinski definition) is 3. The van der Waals surface area contributed by atoms with Gasteiger partial charge in [-0.25, -0.2) is 18.2 Å². The molecule has 0 saturated heterocycles. The van der Waals surface area contributed by atoms with Gasteiger partial charge in [0.1, 0.15) is 10.9 Å². The van der Waals surface area contributed by atoms with E-state index < -0.39 is 12.2 Å². The van der Waals surface area contributed by atoms with Crippen molar-refractivity contribution in [3.63, 3.8) is 0 Å². The van der Waals surface area contributed by atoms with Crippen LogP contribution in [0.1, 0.15) is 53.0 Å². The van der Waals surface area contributed by atoms with Crippen LogP contribution in [0.25, 0.3) is 11.3 Å². The van der Waals surface area contributed by atoms with Gasteiger partial charge in [-0.2, -0.15) is 0 Å². The van der Waals surface area contributed by atoms with Crippen molar-refractivity contribution >= 4 is 11.6 Å². The van der Waals surface area contributed by atoms with Gasteiger partial charge in [-0.05, 0) is 30.4 Å². The van der Waals surface area contributed by atoms with Crippen LogP contribution in [0.4, 0.5) is 13.2 Å². The van der Waals surface area contributed by atoms with Gasteiger partial charge in [0, 0.05) is 5.56 Å². The lowest BCUT2D eigenvalue weighted by Crippen LogP contribution is -2.12. The van der Waals surface area contributed by atoms with Crippen LogP contribution in [0.2, 0.25) is 5.15 Å². The predicted octanol–water partition coefficient (Wildman–Crippen LogP) is 6.96. The summed E-state index contributed by atoms with van der Waals surface area (Å²) in [5.74, 6) is 0.0426. The molecule has 2 aromatic heterocycles. The molecule has 0 N–H and O–H groups in total. The van der Waals surface area contributed by atoms with Gasteiger partial charge in [0.25, 0.3) is 6.43 Å². The number of pyridine rings is 2. The van der Waals surface area contributed by atoms with Crippen molar-refractivity contribution in [3.8, 4) is 17.0 Å². The van der Waals surface area contributed by atoms with E-state index in [1.165, 1.54) is 12.3 Å². The third kappa shape index (κ3) is 7.01. The van der Waals surface area contributed by atoms with Crippen molar-refractivity contribution in [1.29, 1.82) is 0 Å². The molecule has 0 fully saturated rings. The summed E-state index contributed by atoms with van der Waals surface area (Å²) in [4.78, 5) is 7.65. The van der Waals surface area contributed by atoms with E-state index in [0.717, 1.165) is 18.7 Å². The fourth-order valence-corrected chi connectivity index (χ4v) is 2.77. The zero-order chi connectivity index (χ0) is 20.6. The van der Waals surface area contributed by atoms with E-state index in [1.54, 1.807) is 0 Å². The Morgan fingerprint density at radius 3 is 2.33 bits per heavy atom. The van der Waals surface area contributed by atoms with Gasteiger partial charge in [0.2, 0.25) is 0 Å². The first-order valence-electron chi connectivity index (χ1n) is 9.00. The number of nitrogens with zero attached hydrogens (tertiary/aromatic N) is 2. The maximum atomic E-state index is 13.9. The average Bonchev–Trinajstić information content (AvgIpc) is 2.63. The highest BCUT2D eigenvalue weighted by Gasteiger charge is 2.19. The highest BCUT2D eigenvalue weighted by atomic mass is 35.5. The Morgan fingerprint density at radius 1 is 1.07 bits per heavy atom. The zero-order valence-corrected chi connectivity index (χ0v) is 17.0. The molecule has 2 aromatic rings. The summed E-state index contributed by atoms with van der Waals surface area (Å²) in [6, 6.07) is 2.38. The molecule has 0 amide bonds. The maximum absolute atomic E-state index is 13.9. The van der Waals surface area contributed by atoms with Crippen LogP contribution >= 0.6 is 11.6 Å². The zero-order valence-electron chi connectivity index (χ0n) is 16.3. The molecule has 0 radical (unpaired) electrons. The monoisotopic (exact) mass is 402 g/mol. The second-order valence-corrected chi connectivity index (χ2v) is 6.83. The summed E-state index contributed by atoms with van der Waals surface area (Å²) in [7, 11) is 0. The Labute approximate surface area is 163 Å². The largest absolute Gasteiger partial charge is 0.491 e. The van der Waals surface area contributed by atoms with Gasteiger partial charge >= 0.3 is 0 Å². The molecule has 0 bridgehead atoms.